The van der Waals surface area contributed by atoms with Gasteiger partial charge in [-0.1, -0.05) is 34.1 Å². The van der Waals surface area contributed by atoms with Crippen molar-refractivity contribution in [1.82, 2.24) is 9.78 Å². The quantitative estimate of drug-likeness (QED) is 0.574. The average molecular weight is 445 g/mol. The van der Waals surface area contributed by atoms with Crippen LogP contribution in [0.4, 0.5) is 0 Å². The summed E-state index contributed by atoms with van der Waals surface area (Å²) in [7, 11) is 0. The number of esters is 1. The molecule has 4 rings (SSSR count). The molecule has 0 radical (unpaired) electrons. The summed E-state index contributed by atoms with van der Waals surface area (Å²) in [6.07, 6.45) is 0. The van der Waals surface area contributed by atoms with Gasteiger partial charge in [0.15, 0.2) is 17.2 Å². The summed E-state index contributed by atoms with van der Waals surface area (Å²) < 4.78 is 18.6. The summed E-state index contributed by atoms with van der Waals surface area (Å²) in [6.45, 7) is 3.15. The van der Waals surface area contributed by atoms with Crippen molar-refractivity contribution in [3.05, 3.63) is 62.5 Å². The number of fused-ring (bicyclic) bond motifs is 2. The van der Waals surface area contributed by atoms with Crippen LogP contribution in [0.2, 0.25) is 0 Å². The number of hydrogen-bond acceptors (Lipinski definition) is 6. The van der Waals surface area contributed by atoms with E-state index in [-0.39, 0.29) is 17.9 Å². The Morgan fingerprint density at radius 1 is 1.18 bits per heavy atom. The molecule has 1 aromatic heterocycles. The molecule has 0 fully saturated rings. The minimum absolute atomic E-state index is 0.0251. The molecule has 2 heterocycles. The van der Waals surface area contributed by atoms with Gasteiger partial charge in [-0.05, 0) is 25.1 Å². The normalized spacial score (nSPS) is 12.8. The summed E-state index contributed by atoms with van der Waals surface area (Å²) in [5.74, 6) is 0.666. The van der Waals surface area contributed by atoms with Crippen molar-refractivity contribution in [2.24, 2.45) is 0 Å². The van der Waals surface area contributed by atoms with Gasteiger partial charge < -0.3 is 14.2 Å². The fourth-order valence-electron chi connectivity index (χ4n) is 3.03. The maximum absolute atomic E-state index is 12.7. The van der Waals surface area contributed by atoms with Crippen LogP contribution in [0.5, 0.6) is 11.5 Å². The van der Waals surface area contributed by atoms with Crippen LogP contribution in [0.3, 0.4) is 0 Å². The largest absolute Gasteiger partial charge is 0.486 e. The van der Waals surface area contributed by atoms with E-state index in [1.165, 1.54) is 4.68 Å². The molecule has 3 aromatic rings. The van der Waals surface area contributed by atoms with Gasteiger partial charge in [0.2, 0.25) is 0 Å². The first-order valence-corrected chi connectivity index (χ1v) is 9.62. The molecule has 1 aliphatic heterocycles. The van der Waals surface area contributed by atoms with Crippen LogP contribution < -0.4 is 15.0 Å². The number of halogens is 1. The maximum atomic E-state index is 12.7. The number of hydrogen-bond donors (Lipinski definition) is 0. The Labute approximate surface area is 169 Å². The number of carbonyl (C=O) groups excluding carboxylic acids is 1. The number of carbonyl (C=O) groups is 1. The number of benzene rings is 2. The fraction of sp³-hybridized carbons (Fsp3) is 0.250. The first-order valence-electron chi connectivity index (χ1n) is 8.83. The van der Waals surface area contributed by atoms with Gasteiger partial charge in [0, 0.05) is 22.0 Å². The Morgan fingerprint density at radius 3 is 2.57 bits per heavy atom. The lowest BCUT2D eigenvalue weighted by atomic mass is 10.1. The second-order valence-electron chi connectivity index (χ2n) is 6.18. The van der Waals surface area contributed by atoms with Crippen LogP contribution in [-0.2, 0) is 17.9 Å². The highest BCUT2D eigenvalue weighted by Gasteiger charge is 2.19. The zero-order chi connectivity index (χ0) is 19.7. The van der Waals surface area contributed by atoms with Crippen molar-refractivity contribution < 1.29 is 19.0 Å². The number of aromatic nitrogens is 2. The second kappa shape index (κ2) is 7.63. The molecule has 8 heteroatoms. The molecule has 0 bridgehead atoms. The van der Waals surface area contributed by atoms with Crippen LogP contribution in [0.1, 0.15) is 23.0 Å². The van der Waals surface area contributed by atoms with E-state index in [4.69, 9.17) is 14.2 Å². The number of nitrogens with zero attached hydrogens (tertiary/aromatic N) is 2. The van der Waals surface area contributed by atoms with Crippen molar-refractivity contribution in [2.75, 3.05) is 13.2 Å². The Kier molecular flexibility index (Phi) is 5.04. The van der Waals surface area contributed by atoms with Crippen LogP contribution in [0, 0.1) is 0 Å². The molecular weight excluding hydrogens is 428 g/mol. The Morgan fingerprint density at radius 2 is 1.86 bits per heavy atom. The first-order chi connectivity index (χ1) is 13.6. The van der Waals surface area contributed by atoms with E-state index >= 15 is 0 Å². The smallest absolute Gasteiger partial charge is 0.359 e. The molecule has 2 aromatic carbocycles. The molecule has 1 aliphatic rings. The van der Waals surface area contributed by atoms with Gasteiger partial charge in [-0.3, -0.25) is 4.79 Å². The minimum Gasteiger partial charge on any atom is -0.486 e. The highest BCUT2D eigenvalue weighted by atomic mass is 79.9. The third-order valence-corrected chi connectivity index (χ3v) is 5.17. The Balaban J connectivity index is 1.63. The van der Waals surface area contributed by atoms with E-state index in [1.54, 1.807) is 43.3 Å². The molecule has 0 unspecified atom stereocenters. The Hall–Kier alpha value is -2.87. The molecule has 0 spiro atoms. The first kappa shape index (κ1) is 18.5. The summed E-state index contributed by atoms with van der Waals surface area (Å²) in [6, 6.07) is 10.5. The molecule has 0 N–H and O–H groups in total. The molecule has 28 heavy (non-hydrogen) atoms. The third kappa shape index (κ3) is 3.35. The SMILES string of the molecule is CCn1nc(C(=O)OCc2cc3c(cc2Br)OCCO3)c2ccccc2c1=O. The fourth-order valence-corrected chi connectivity index (χ4v) is 3.47. The minimum atomic E-state index is -0.597. The van der Waals surface area contributed by atoms with Gasteiger partial charge >= 0.3 is 5.97 Å². The van der Waals surface area contributed by atoms with E-state index in [0.717, 1.165) is 10.0 Å². The molecule has 144 valence electrons. The van der Waals surface area contributed by atoms with Crippen molar-refractivity contribution in [3.8, 4) is 11.5 Å². The molecule has 7 nitrogen and oxygen atoms in total. The van der Waals surface area contributed by atoms with Gasteiger partial charge in [-0.15, -0.1) is 0 Å². The molecule has 0 atom stereocenters. The standard InChI is InChI=1S/C20H17BrN2O5/c1-2-23-19(24)14-6-4-3-5-13(14)18(22-23)20(25)28-11-12-9-16-17(10-15(12)21)27-8-7-26-16/h3-6,9-10H,2,7-8,11H2,1H3. The summed E-state index contributed by atoms with van der Waals surface area (Å²) in [5, 5.41) is 5.11. The lowest BCUT2D eigenvalue weighted by Gasteiger charge is -2.20. The molecule has 0 saturated carbocycles. The average Bonchev–Trinajstić information content (AvgIpc) is 2.72. The maximum Gasteiger partial charge on any atom is 0.359 e. The number of ether oxygens (including phenoxy) is 3. The van der Waals surface area contributed by atoms with E-state index < -0.39 is 5.97 Å². The van der Waals surface area contributed by atoms with Crippen molar-refractivity contribution in [2.45, 2.75) is 20.1 Å². The monoisotopic (exact) mass is 444 g/mol. The van der Waals surface area contributed by atoms with E-state index in [1.807, 2.05) is 0 Å². The zero-order valence-electron chi connectivity index (χ0n) is 15.1. The van der Waals surface area contributed by atoms with Gasteiger partial charge in [0.25, 0.3) is 5.56 Å². The second-order valence-corrected chi connectivity index (χ2v) is 7.03. The lowest BCUT2D eigenvalue weighted by molar-refractivity contribution is 0.0464. The zero-order valence-corrected chi connectivity index (χ0v) is 16.7. The summed E-state index contributed by atoms with van der Waals surface area (Å²) in [5.41, 5.74) is 0.626. The topological polar surface area (TPSA) is 79.7 Å². The van der Waals surface area contributed by atoms with Crippen LogP contribution >= 0.6 is 15.9 Å². The number of rotatable bonds is 4. The summed E-state index contributed by atoms with van der Waals surface area (Å²) >= 11 is 3.47. The third-order valence-electron chi connectivity index (χ3n) is 4.43. The van der Waals surface area contributed by atoms with Crippen molar-refractivity contribution >= 4 is 32.7 Å². The molecule has 0 aliphatic carbocycles. The van der Waals surface area contributed by atoms with Crippen LogP contribution in [0.25, 0.3) is 10.8 Å². The van der Waals surface area contributed by atoms with Gasteiger partial charge in [0.1, 0.15) is 19.8 Å². The van der Waals surface area contributed by atoms with Crippen LogP contribution in [-0.4, -0.2) is 29.0 Å². The van der Waals surface area contributed by atoms with Crippen LogP contribution in [0.15, 0.2) is 45.7 Å². The van der Waals surface area contributed by atoms with Gasteiger partial charge in [-0.2, -0.15) is 5.10 Å². The van der Waals surface area contributed by atoms with Crippen molar-refractivity contribution in [3.63, 3.8) is 0 Å². The lowest BCUT2D eigenvalue weighted by Crippen LogP contribution is -2.25. The predicted molar refractivity (Wildman–Crippen MR) is 106 cm³/mol. The van der Waals surface area contributed by atoms with E-state index in [0.29, 0.717) is 42.0 Å². The molecule has 0 amide bonds. The van der Waals surface area contributed by atoms with Crippen molar-refractivity contribution in [1.29, 1.82) is 0 Å². The van der Waals surface area contributed by atoms with Gasteiger partial charge in [0.05, 0.1) is 5.39 Å². The Bertz CT molecular complexity index is 1130. The molecular formula is C20H17BrN2O5. The van der Waals surface area contributed by atoms with E-state index in [9.17, 15) is 9.59 Å². The molecule has 0 saturated heterocycles. The highest BCUT2D eigenvalue weighted by Crippen LogP contribution is 2.35. The number of aryl methyl sites for hydroxylation is 1. The predicted octanol–water partition coefficient (Wildman–Crippen LogP) is 3.31. The highest BCUT2D eigenvalue weighted by molar-refractivity contribution is 9.10. The van der Waals surface area contributed by atoms with Gasteiger partial charge in [-0.25, -0.2) is 9.48 Å². The van der Waals surface area contributed by atoms with E-state index in [2.05, 4.69) is 21.0 Å². The summed E-state index contributed by atoms with van der Waals surface area (Å²) in [4.78, 5) is 25.2.